The summed E-state index contributed by atoms with van der Waals surface area (Å²) in [5, 5.41) is 16.7. The Balaban J connectivity index is 0.000000249. The summed E-state index contributed by atoms with van der Waals surface area (Å²) < 4.78 is 70.7. The molecule has 232 valence electrons. The van der Waals surface area contributed by atoms with Gasteiger partial charge < -0.3 is 30.6 Å². The molecule has 2 fully saturated rings. The number of carbonyl (C=O) groups excluding carboxylic acids is 2. The number of hydrogen-bond acceptors (Lipinski definition) is 7. The van der Waals surface area contributed by atoms with Crippen LogP contribution in [0.2, 0.25) is 0 Å². The number of alkyl halides is 3. The molecule has 0 unspecified atom stereocenters. The summed E-state index contributed by atoms with van der Waals surface area (Å²) in [7, 11) is 0. The lowest BCUT2D eigenvalue weighted by atomic mass is 10.2. The number of hydrogen-bond donors (Lipinski definition) is 4. The van der Waals surface area contributed by atoms with Gasteiger partial charge in [0.25, 0.3) is 0 Å². The zero-order valence-electron chi connectivity index (χ0n) is 23.0. The van der Waals surface area contributed by atoms with Crippen LogP contribution in [0.25, 0.3) is 28.1 Å². The summed E-state index contributed by atoms with van der Waals surface area (Å²) in [5.74, 6) is -4.61. The minimum Gasteiger partial charge on any atom is -0.480 e. The molecule has 5 N–H and O–H groups in total. The number of aromatic nitrogens is 3. The number of aryl methyl sites for hydroxylation is 1. The third kappa shape index (κ3) is 6.10. The second-order valence-electron chi connectivity index (χ2n) is 10.6. The van der Waals surface area contributed by atoms with Crippen LogP contribution in [0.1, 0.15) is 37.1 Å². The quantitative estimate of drug-likeness (QED) is 0.227. The molecule has 2 saturated carbocycles. The maximum absolute atomic E-state index is 15.3. The highest BCUT2D eigenvalue weighted by atomic mass is 19.4. The van der Waals surface area contributed by atoms with Gasteiger partial charge in [-0.15, -0.1) is 0 Å². The number of halogens is 5. The number of carbonyl (C=O) groups is 3. The summed E-state index contributed by atoms with van der Waals surface area (Å²) in [6, 6.07) is 11.1. The molecular weight excluding hydrogens is 595 g/mol. The number of nitrogens with zero attached hydrogens (tertiary/aromatic N) is 3. The molecule has 4 aromatic rings. The van der Waals surface area contributed by atoms with Gasteiger partial charge in [-0.25, -0.2) is 13.6 Å². The van der Waals surface area contributed by atoms with Crippen molar-refractivity contribution in [3.63, 3.8) is 0 Å². The Bertz CT molecular complexity index is 1760. The normalized spacial score (nSPS) is 16.1. The standard InChI is InChI=1S/C22H19F2N5O2.C6H6F3NO3/c1-12-27-20(28-31-12)19-18(24)16-10-14(23)4-7-17(16)29(19)15-5-2-13(3-6-15)11-26-21(30)22(25)8-9-22;7-6(8,9)3(11)10-5(1-2-5)4(12)13/h2-7,10H,8-9,11,25H2,1H3,(H,26,30);1-2H2,(H,10,11)(H,12,13). The fourth-order valence-corrected chi connectivity index (χ4v) is 4.38. The van der Waals surface area contributed by atoms with Crippen molar-refractivity contribution >= 4 is 28.7 Å². The van der Waals surface area contributed by atoms with E-state index in [4.69, 9.17) is 15.4 Å². The van der Waals surface area contributed by atoms with E-state index in [0.29, 0.717) is 30.6 Å². The molecular formula is C28H25F5N6O5. The van der Waals surface area contributed by atoms with Crippen LogP contribution in [0.4, 0.5) is 22.0 Å². The summed E-state index contributed by atoms with van der Waals surface area (Å²) >= 11 is 0. The van der Waals surface area contributed by atoms with Gasteiger partial charge >= 0.3 is 18.1 Å². The van der Waals surface area contributed by atoms with Crippen molar-refractivity contribution in [2.24, 2.45) is 5.73 Å². The Hall–Kier alpha value is -4.86. The van der Waals surface area contributed by atoms with E-state index in [1.165, 1.54) is 17.4 Å². The largest absolute Gasteiger partial charge is 0.480 e. The van der Waals surface area contributed by atoms with Gasteiger partial charge in [-0.05, 0) is 61.6 Å². The summed E-state index contributed by atoms with van der Waals surface area (Å²) in [5.41, 5.74) is 5.54. The van der Waals surface area contributed by atoms with Crippen LogP contribution < -0.4 is 16.4 Å². The molecule has 0 atom stereocenters. The number of carboxylic acid groups (broad SMARTS) is 1. The number of rotatable bonds is 7. The van der Waals surface area contributed by atoms with Crippen molar-refractivity contribution in [1.29, 1.82) is 0 Å². The fourth-order valence-electron chi connectivity index (χ4n) is 4.38. The molecule has 0 radical (unpaired) electrons. The van der Waals surface area contributed by atoms with Gasteiger partial charge in [0.05, 0.1) is 11.1 Å². The fraction of sp³-hybridized carbons (Fsp3) is 0.321. The van der Waals surface area contributed by atoms with Crippen molar-refractivity contribution in [2.75, 3.05) is 0 Å². The molecule has 0 saturated heterocycles. The van der Waals surface area contributed by atoms with Crippen molar-refractivity contribution in [3.8, 4) is 17.2 Å². The Morgan fingerprint density at radius 1 is 1.07 bits per heavy atom. The van der Waals surface area contributed by atoms with Gasteiger partial charge in [0.15, 0.2) is 5.82 Å². The molecule has 16 heteroatoms. The van der Waals surface area contributed by atoms with Crippen LogP contribution in [-0.2, 0) is 20.9 Å². The number of nitrogens with one attached hydrogen (secondary N) is 2. The Morgan fingerprint density at radius 3 is 2.25 bits per heavy atom. The highest BCUT2D eigenvalue weighted by molar-refractivity contribution is 5.92. The van der Waals surface area contributed by atoms with E-state index in [1.54, 1.807) is 23.6 Å². The zero-order valence-corrected chi connectivity index (χ0v) is 23.0. The molecule has 2 aliphatic rings. The van der Waals surface area contributed by atoms with E-state index in [1.807, 2.05) is 12.1 Å². The molecule has 2 amide bonds. The van der Waals surface area contributed by atoms with E-state index in [0.717, 1.165) is 11.6 Å². The van der Waals surface area contributed by atoms with E-state index >= 15 is 4.39 Å². The average Bonchev–Trinajstić information content (AvgIpc) is 3.86. The number of carboxylic acids is 1. The smallest absolute Gasteiger partial charge is 0.471 e. The Morgan fingerprint density at radius 2 is 1.73 bits per heavy atom. The zero-order chi connectivity index (χ0) is 32.0. The minimum atomic E-state index is -5.02. The van der Waals surface area contributed by atoms with E-state index < -0.39 is 40.8 Å². The van der Waals surface area contributed by atoms with Crippen molar-refractivity contribution in [3.05, 3.63) is 65.6 Å². The third-order valence-corrected chi connectivity index (χ3v) is 7.27. The first-order valence-corrected chi connectivity index (χ1v) is 13.2. The minimum absolute atomic E-state index is 0.0458. The molecule has 11 nitrogen and oxygen atoms in total. The molecule has 2 aromatic heterocycles. The molecule has 2 heterocycles. The summed E-state index contributed by atoms with van der Waals surface area (Å²) in [4.78, 5) is 36.9. The second-order valence-corrected chi connectivity index (χ2v) is 10.6. The number of amides is 2. The van der Waals surface area contributed by atoms with Gasteiger partial charge in [0, 0.05) is 24.5 Å². The third-order valence-electron chi connectivity index (χ3n) is 7.27. The van der Waals surface area contributed by atoms with Gasteiger partial charge in [-0.1, -0.05) is 17.3 Å². The average molecular weight is 621 g/mol. The first kappa shape index (κ1) is 30.6. The van der Waals surface area contributed by atoms with E-state index in [2.05, 4.69) is 15.5 Å². The molecule has 0 bridgehead atoms. The molecule has 2 aromatic carbocycles. The first-order valence-electron chi connectivity index (χ1n) is 13.2. The van der Waals surface area contributed by atoms with Crippen molar-refractivity contribution in [1.82, 2.24) is 25.3 Å². The van der Waals surface area contributed by atoms with Crippen LogP contribution in [0.15, 0.2) is 47.0 Å². The molecule has 2 aliphatic carbocycles. The summed E-state index contributed by atoms with van der Waals surface area (Å²) in [6.07, 6.45) is -3.54. The topological polar surface area (TPSA) is 165 Å². The second kappa shape index (κ2) is 11.0. The van der Waals surface area contributed by atoms with Crippen molar-refractivity contribution in [2.45, 2.75) is 56.4 Å². The molecule has 0 aliphatic heterocycles. The van der Waals surface area contributed by atoms with E-state index in [9.17, 15) is 31.9 Å². The summed E-state index contributed by atoms with van der Waals surface area (Å²) in [6.45, 7) is 1.94. The first-order chi connectivity index (χ1) is 20.6. The van der Waals surface area contributed by atoms with Gasteiger partial charge in [0.1, 0.15) is 17.1 Å². The lowest BCUT2D eigenvalue weighted by Gasteiger charge is -2.13. The monoisotopic (exact) mass is 620 g/mol. The number of benzene rings is 2. The molecule has 44 heavy (non-hydrogen) atoms. The lowest BCUT2D eigenvalue weighted by molar-refractivity contribution is -0.176. The van der Waals surface area contributed by atoms with Crippen LogP contribution >= 0.6 is 0 Å². The maximum Gasteiger partial charge on any atom is 0.471 e. The van der Waals surface area contributed by atoms with E-state index in [-0.39, 0.29) is 41.5 Å². The predicted molar refractivity (Wildman–Crippen MR) is 143 cm³/mol. The van der Waals surface area contributed by atoms with Crippen LogP contribution in [-0.4, -0.2) is 54.9 Å². The highest BCUT2D eigenvalue weighted by Crippen LogP contribution is 2.37. The maximum atomic E-state index is 15.3. The number of nitrogens with two attached hydrogens (primary N) is 1. The van der Waals surface area contributed by atoms with Gasteiger partial charge in [-0.2, -0.15) is 18.2 Å². The number of aliphatic carboxylic acids is 1. The van der Waals surface area contributed by atoms with Crippen LogP contribution in [0, 0.1) is 18.6 Å². The van der Waals surface area contributed by atoms with Crippen molar-refractivity contribution < 1.29 is 46.0 Å². The Labute approximate surface area is 245 Å². The molecule has 6 rings (SSSR count). The number of fused-ring (bicyclic) bond motifs is 1. The van der Waals surface area contributed by atoms with Gasteiger partial charge in [-0.3, -0.25) is 9.59 Å². The lowest BCUT2D eigenvalue weighted by Crippen LogP contribution is -2.48. The van der Waals surface area contributed by atoms with Crippen LogP contribution in [0.5, 0.6) is 0 Å². The van der Waals surface area contributed by atoms with Gasteiger partial charge in [0.2, 0.25) is 17.6 Å². The van der Waals surface area contributed by atoms with Crippen LogP contribution in [0.3, 0.4) is 0 Å². The Kier molecular flexibility index (Phi) is 7.65. The highest BCUT2D eigenvalue weighted by Gasteiger charge is 2.55. The molecule has 0 spiro atoms. The predicted octanol–water partition coefficient (Wildman–Crippen LogP) is 3.66. The SMILES string of the molecule is Cc1nc(-c2c(F)c3cc(F)ccc3n2-c2ccc(CNC(=O)C3(N)CC3)cc2)no1.O=C(NC1(C(=O)O)CC1)C(F)(F)F.